The summed E-state index contributed by atoms with van der Waals surface area (Å²) in [6.45, 7) is 3.26. The van der Waals surface area contributed by atoms with Crippen molar-refractivity contribution in [3.63, 3.8) is 0 Å². The van der Waals surface area contributed by atoms with Crippen molar-refractivity contribution in [3.8, 4) is 5.75 Å². The normalized spacial score (nSPS) is 17.1. The first-order chi connectivity index (χ1) is 15.0. The Balaban J connectivity index is 1.27. The quantitative estimate of drug-likeness (QED) is 0.545. The van der Waals surface area contributed by atoms with E-state index in [2.05, 4.69) is 42.1 Å². The zero-order valence-electron chi connectivity index (χ0n) is 16.7. The highest BCUT2D eigenvalue weighted by molar-refractivity contribution is 9.10. The van der Waals surface area contributed by atoms with Crippen LogP contribution in [-0.4, -0.2) is 59.4 Å². The van der Waals surface area contributed by atoms with E-state index in [1.54, 1.807) is 11.2 Å². The van der Waals surface area contributed by atoms with E-state index in [0.717, 1.165) is 17.3 Å². The third kappa shape index (κ3) is 5.41. The van der Waals surface area contributed by atoms with Crippen LogP contribution in [0.3, 0.4) is 0 Å². The number of nitrogens with zero attached hydrogens (tertiary/aromatic N) is 5. The molecule has 1 aromatic carbocycles. The second kappa shape index (κ2) is 9.47. The van der Waals surface area contributed by atoms with E-state index in [4.69, 9.17) is 14.0 Å². The molecule has 31 heavy (non-hydrogen) atoms. The molecule has 166 valence electrons. The van der Waals surface area contributed by atoms with Gasteiger partial charge in [-0.1, -0.05) is 5.16 Å². The summed E-state index contributed by atoms with van der Waals surface area (Å²) in [5, 5.41) is 9.62. The number of benzene rings is 1. The lowest BCUT2D eigenvalue weighted by Gasteiger charge is -2.30. The van der Waals surface area contributed by atoms with Gasteiger partial charge in [-0.2, -0.15) is 4.98 Å². The monoisotopic (exact) mass is 497 g/mol. The zero-order chi connectivity index (χ0) is 21.8. The Kier molecular flexibility index (Phi) is 6.51. The van der Waals surface area contributed by atoms with Gasteiger partial charge in [-0.3, -0.25) is 10.2 Å². The lowest BCUT2D eigenvalue weighted by atomic mass is 10.1. The number of esters is 1. The summed E-state index contributed by atoms with van der Waals surface area (Å²) in [5.74, 6) is 0.513. The number of hydrogen-bond donors (Lipinski definition) is 2. The van der Waals surface area contributed by atoms with Crippen LogP contribution in [0, 0.1) is 5.82 Å². The highest BCUT2D eigenvalue weighted by atomic mass is 79.9. The third-order valence-electron chi connectivity index (χ3n) is 4.67. The molecule has 2 aliphatic heterocycles. The largest absolute Gasteiger partial charge is 0.489 e. The molecule has 1 saturated heterocycles. The number of carbonyl (C=O) groups is 1. The van der Waals surface area contributed by atoms with Crippen molar-refractivity contribution in [2.75, 3.05) is 31.1 Å². The number of anilines is 1. The van der Waals surface area contributed by atoms with E-state index in [1.165, 1.54) is 19.1 Å². The number of piperidine rings is 1. The number of hydrogen-bond acceptors (Lipinski definition) is 11. The molecule has 3 heterocycles. The van der Waals surface area contributed by atoms with Crippen molar-refractivity contribution in [3.05, 3.63) is 34.3 Å². The molecule has 0 aliphatic carbocycles. The SMILES string of the molecule is CC(=O)OCCN1NN=C(c2noc(N3CCC(Oc4cc(F)ccc4Br)CC3)n2)N1. The van der Waals surface area contributed by atoms with Gasteiger partial charge in [0.15, 0.2) is 0 Å². The fraction of sp³-hybridized carbons (Fsp3) is 0.444. The van der Waals surface area contributed by atoms with Crippen LogP contribution in [0.4, 0.5) is 10.4 Å². The minimum absolute atomic E-state index is 0.0346. The van der Waals surface area contributed by atoms with Crippen LogP contribution in [0.2, 0.25) is 0 Å². The Morgan fingerprint density at radius 2 is 2.19 bits per heavy atom. The number of hydrazine groups is 2. The van der Waals surface area contributed by atoms with Crippen LogP contribution < -0.4 is 20.6 Å². The predicted molar refractivity (Wildman–Crippen MR) is 110 cm³/mol. The van der Waals surface area contributed by atoms with Gasteiger partial charge in [-0.15, -0.1) is 10.2 Å². The van der Waals surface area contributed by atoms with Crippen LogP contribution >= 0.6 is 15.9 Å². The van der Waals surface area contributed by atoms with Crippen molar-refractivity contribution in [1.82, 2.24) is 26.2 Å². The number of aromatic nitrogens is 2. The van der Waals surface area contributed by atoms with Crippen LogP contribution in [0.5, 0.6) is 5.75 Å². The average Bonchev–Trinajstić information content (AvgIpc) is 3.41. The lowest BCUT2D eigenvalue weighted by molar-refractivity contribution is -0.141. The molecule has 0 spiro atoms. The summed E-state index contributed by atoms with van der Waals surface area (Å²) >= 11 is 3.38. The second-order valence-corrected chi connectivity index (χ2v) is 7.80. The van der Waals surface area contributed by atoms with Crippen LogP contribution in [0.15, 0.2) is 32.3 Å². The predicted octanol–water partition coefficient (Wildman–Crippen LogP) is 1.57. The topological polar surface area (TPSA) is 117 Å². The van der Waals surface area contributed by atoms with Crippen LogP contribution in [0.25, 0.3) is 0 Å². The van der Waals surface area contributed by atoms with E-state index in [1.807, 2.05) is 4.90 Å². The smallest absolute Gasteiger partial charge is 0.324 e. The number of hydrazone groups is 1. The fourth-order valence-corrected chi connectivity index (χ4v) is 3.47. The summed E-state index contributed by atoms with van der Waals surface area (Å²) in [5.41, 5.74) is 5.71. The van der Waals surface area contributed by atoms with Crippen molar-refractivity contribution in [2.24, 2.45) is 5.10 Å². The molecule has 0 saturated carbocycles. The maximum Gasteiger partial charge on any atom is 0.324 e. The minimum Gasteiger partial charge on any atom is -0.489 e. The van der Waals surface area contributed by atoms with E-state index in [9.17, 15) is 9.18 Å². The molecule has 13 heteroatoms. The standard InChI is InChI=1S/C18H21BrFN7O4/c1-11(28)29-9-8-27-23-17(22-25-27)16-21-18(31-24-16)26-6-4-13(5-7-26)30-15-10-12(20)2-3-14(15)19/h2-3,10,13,25H,4-9H2,1H3,(H,22,23). The number of nitrogens with one attached hydrogen (secondary N) is 2. The summed E-state index contributed by atoms with van der Waals surface area (Å²) < 4.78 is 30.4. The Bertz CT molecular complexity index is 964. The molecule has 11 nitrogen and oxygen atoms in total. The maximum absolute atomic E-state index is 13.5. The fourth-order valence-electron chi connectivity index (χ4n) is 3.13. The van der Waals surface area contributed by atoms with E-state index < -0.39 is 0 Å². The molecule has 4 rings (SSSR count). The van der Waals surface area contributed by atoms with Gasteiger partial charge in [0, 0.05) is 38.9 Å². The van der Waals surface area contributed by atoms with E-state index in [-0.39, 0.29) is 24.5 Å². The molecule has 2 N–H and O–H groups in total. The van der Waals surface area contributed by atoms with Crippen molar-refractivity contribution in [2.45, 2.75) is 25.9 Å². The van der Waals surface area contributed by atoms with Gasteiger partial charge < -0.3 is 18.9 Å². The molecule has 0 radical (unpaired) electrons. The number of ether oxygens (including phenoxy) is 2. The first kappa shape index (κ1) is 21.3. The number of carbonyl (C=O) groups excluding carboxylic acids is 1. The Morgan fingerprint density at radius 1 is 1.39 bits per heavy atom. The zero-order valence-corrected chi connectivity index (χ0v) is 18.3. The Morgan fingerprint density at radius 3 is 2.97 bits per heavy atom. The third-order valence-corrected chi connectivity index (χ3v) is 5.33. The second-order valence-electron chi connectivity index (χ2n) is 6.94. The first-order valence-corrected chi connectivity index (χ1v) is 10.5. The van der Waals surface area contributed by atoms with Gasteiger partial charge >= 0.3 is 12.0 Å². The average molecular weight is 498 g/mol. The van der Waals surface area contributed by atoms with E-state index >= 15 is 0 Å². The molecular formula is C18H21BrFN7O4. The summed E-state index contributed by atoms with van der Waals surface area (Å²) in [4.78, 5) is 17.2. The molecule has 0 amide bonds. The molecule has 1 aromatic heterocycles. The van der Waals surface area contributed by atoms with Gasteiger partial charge in [0.05, 0.1) is 11.0 Å². The molecular weight excluding hydrogens is 477 g/mol. The Labute approximate surface area is 185 Å². The van der Waals surface area contributed by atoms with Crippen LogP contribution in [0.1, 0.15) is 25.6 Å². The molecule has 0 unspecified atom stereocenters. The molecule has 0 atom stereocenters. The molecule has 2 aliphatic rings. The molecule has 0 bridgehead atoms. The highest BCUT2D eigenvalue weighted by Crippen LogP contribution is 2.29. The van der Waals surface area contributed by atoms with E-state index in [0.29, 0.717) is 43.1 Å². The highest BCUT2D eigenvalue weighted by Gasteiger charge is 2.27. The summed E-state index contributed by atoms with van der Waals surface area (Å²) in [6.07, 6.45) is 1.42. The minimum atomic E-state index is -0.346. The van der Waals surface area contributed by atoms with Gasteiger partial charge in [0.2, 0.25) is 11.7 Å². The number of rotatable bonds is 7. The lowest BCUT2D eigenvalue weighted by Crippen LogP contribution is -2.44. The molecule has 1 fully saturated rings. The van der Waals surface area contributed by atoms with Crippen molar-refractivity contribution in [1.29, 1.82) is 0 Å². The maximum atomic E-state index is 13.5. The van der Waals surface area contributed by atoms with Gasteiger partial charge in [-0.05, 0) is 28.1 Å². The Hall–Kier alpha value is -2.93. The van der Waals surface area contributed by atoms with Gasteiger partial charge in [0.1, 0.15) is 24.3 Å². The van der Waals surface area contributed by atoms with Crippen LogP contribution in [-0.2, 0) is 9.53 Å². The number of halogens is 2. The van der Waals surface area contributed by atoms with Crippen molar-refractivity contribution < 1.29 is 23.2 Å². The summed E-state index contributed by atoms with van der Waals surface area (Å²) in [7, 11) is 0. The summed E-state index contributed by atoms with van der Waals surface area (Å²) in [6, 6.07) is 4.78. The molecule has 2 aromatic rings. The van der Waals surface area contributed by atoms with Gasteiger partial charge in [0.25, 0.3) is 0 Å². The van der Waals surface area contributed by atoms with Gasteiger partial charge in [-0.25, -0.2) is 9.93 Å². The first-order valence-electron chi connectivity index (χ1n) is 9.69. The number of amidine groups is 1. The van der Waals surface area contributed by atoms with Crippen molar-refractivity contribution >= 4 is 33.7 Å².